The Labute approximate surface area is 155 Å². The first-order chi connectivity index (χ1) is 12.3. The van der Waals surface area contributed by atoms with Crippen molar-refractivity contribution in [2.45, 2.75) is 51.3 Å². The van der Waals surface area contributed by atoms with Crippen LogP contribution in [0.2, 0.25) is 0 Å². The molecular weight excluding hydrogens is 348 g/mol. The molecule has 0 fully saturated rings. The number of carbonyl (C=O) groups is 1. The Morgan fingerprint density at radius 3 is 2.15 bits per heavy atom. The van der Waals surface area contributed by atoms with Gasteiger partial charge in [-0.1, -0.05) is 38.0 Å². The fraction of sp³-hybridized carbons (Fsp3) is 0.350. The Bertz CT molecular complexity index is 839. The molecule has 0 spiro atoms. The van der Waals surface area contributed by atoms with Gasteiger partial charge in [-0.2, -0.15) is 0 Å². The quantitative estimate of drug-likeness (QED) is 0.662. The number of unbranched alkanes of at least 4 members (excludes halogenated alkanes) is 2. The molecule has 5 nitrogen and oxygen atoms in total. The van der Waals surface area contributed by atoms with Gasteiger partial charge in [0.25, 0.3) is 10.0 Å². The SMILES string of the molecule is CCCCCC(=O)Nc1ccc(S(=O)(=O)Nc2c(C)cccc2C)cc1. The van der Waals surface area contributed by atoms with Crippen molar-refractivity contribution in [2.24, 2.45) is 0 Å². The third-order valence-corrected chi connectivity index (χ3v) is 5.54. The fourth-order valence-electron chi connectivity index (χ4n) is 2.65. The summed E-state index contributed by atoms with van der Waals surface area (Å²) in [5.41, 5.74) is 2.92. The van der Waals surface area contributed by atoms with Crippen LogP contribution in [0.3, 0.4) is 0 Å². The molecule has 2 aromatic rings. The highest BCUT2D eigenvalue weighted by molar-refractivity contribution is 7.92. The summed E-state index contributed by atoms with van der Waals surface area (Å²) in [6.07, 6.45) is 3.41. The molecule has 0 aliphatic rings. The van der Waals surface area contributed by atoms with E-state index in [4.69, 9.17) is 0 Å². The molecule has 0 heterocycles. The second-order valence-electron chi connectivity index (χ2n) is 6.40. The number of nitrogens with one attached hydrogen (secondary N) is 2. The number of hydrogen-bond acceptors (Lipinski definition) is 3. The summed E-state index contributed by atoms with van der Waals surface area (Å²) in [6, 6.07) is 11.8. The average molecular weight is 375 g/mol. The van der Waals surface area contributed by atoms with Gasteiger partial charge < -0.3 is 5.32 Å². The Kier molecular flexibility index (Phi) is 6.80. The van der Waals surface area contributed by atoms with E-state index in [0.29, 0.717) is 17.8 Å². The summed E-state index contributed by atoms with van der Waals surface area (Å²) < 4.78 is 27.9. The van der Waals surface area contributed by atoms with Crippen molar-refractivity contribution in [3.8, 4) is 0 Å². The number of rotatable bonds is 8. The number of carbonyl (C=O) groups excluding carboxylic acids is 1. The third kappa shape index (κ3) is 5.33. The largest absolute Gasteiger partial charge is 0.326 e. The Balaban J connectivity index is 2.08. The molecule has 0 unspecified atom stereocenters. The zero-order chi connectivity index (χ0) is 19.2. The van der Waals surface area contributed by atoms with E-state index in [-0.39, 0.29) is 10.8 Å². The minimum Gasteiger partial charge on any atom is -0.326 e. The van der Waals surface area contributed by atoms with Crippen LogP contribution in [0.15, 0.2) is 47.4 Å². The molecule has 6 heteroatoms. The first-order valence-electron chi connectivity index (χ1n) is 8.82. The summed E-state index contributed by atoms with van der Waals surface area (Å²) in [7, 11) is -3.68. The summed E-state index contributed by atoms with van der Waals surface area (Å²) in [6.45, 7) is 5.81. The van der Waals surface area contributed by atoms with E-state index in [2.05, 4.69) is 17.0 Å². The number of aryl methyl sites for hydroxylation is 2. The molecule has 0 atom stereocenters. The van der Waals surface area contributed by atoms with Gasteiger partial charge in [0.15, 0.2) is 0 Å². The second kappa shape index (κ2) is 8.85. The van der Waals surface area contributed by atoms with Gasteiger partial charge in [0.2, 0.25) is 5.91 Å². The van der Waals surface area contributed by atoms with Crippen molar-refractivity contribution in [1.29, 1.82) is 0 Å². The lowest BCUT2D eigenvalue weighted by Gasteiger charge is -2.13. The minimum atomic E-state index is -3.68. The molecule has 2 rings (SSSR count). The number of benzene rings is 2. The molecule has 1 amide bonds. The standard InChI is InChI=1S/C20H26N2O3S/c1-4-5-6-10-19(23)21-17-11-13-18(14-12-17)26(24,25)22-20-15(2)8-7-9-16(20)3/h7-9,11-14,22H,4-6,10H2,1-3H3,(H,21,23). The molecule has 2 aromatic carbocycles. The van der Waals surface area contributed by atoms with Crippen molar-refractivity contribution >= 4 is 27.3 Å². The highest BCUT2D eigenvalue weighted by Crippen LogP contribution is 2.24. The maximum Gasteiger partial charge on any atom is 0.261 e. The molecule has 0 saturated carbocycles. The highest BCUT2D eigenvalue weighted by atomic mass is 32.2. The van der Waals surface area contributed by atoms with Crippen molar-refractivity contribution < 1.29 is 13.2 Å². The number of para-hydroxylation sites is 1. The molecule has 0 bridgehead atoms. The second-order valence-corrected chi connectivity index (χ2v) is 8.08. The van der Waals surface area contributed by atoms with Crippen LogP contribution in [0.4, 0.5) is 11.4 Å². The predicted molar refractivity (Wildman–Crippen MR) is 106 cm³/mol. The number of amides is 1. The van der Waals surface area contributed by atoms with Gasteiger partial charge in [0, 0.05) is 12.1 Å². The molecule has 0 aromatic heterocycles. The lowest BCUT2D eigenvalue weighted by molar-refractivity contribution is -0.116. The van der Waals surface area contributed by atoms with Crippen molar-refractivity contribution in [2.75, 3.05) is 10.0 Å². The molecule has 0 aliphatic carbocycles. The fourth-order valence-corrected chi connectivity index (χ4v) is 3.85. The monoisotopic (exact) mass is 374 g/mol. The summed E-state index contributed by atoms with van der Waals surface area (Å²) in [5.74, 6) is -0.0530. The van der Waals surface area contributed by atoms with E-state index in [1.807, 2.05) is 32.0 Å². The van der Waals surface area contributed by atoms with Crippen LogP contribution in [0.5, 0.6) is 0 Å². The lowest BCUT2D eigenvalue weighted by atomic mass is 10.1. The van der Waals surface area contributed by atoms with Gasteiger partial charge in [-0.3, -0.25) is 9.52 Å². The summed E-state index contributed by atoms with van der Waals surface area (Å²) in [4.78, 5) is 12.0. The van der Waals surface area contributed by atoms with E-state index in [9.17, 15) is 13.2 Å². The van der Waals surface area contributed by atoms with Gasteiger partial charge in [0.1, 0.15) is 0 Å². The van der Waals surface area contributed by atoms with Gasteiger partial charge in [0.05, 0.1) is 10.6 Å². The Morgan fingerprint density at radius 1 is 0.962 bits per heavy atom. The molecule has 0 saturated heterocycles. The first-order valence-corrected chi connectivity index (χ1v) is 10.3. The van der Waals surface area contributed by atoms with E-state index < -0.39 is 10.0 Å². The van der Waals surface area contributed by atoms with E-state index >= 15 is 0 Å². The zero-order valence-electron chi connectivity index (χ0n) is 15.5. The lowest BCUT2D eigenvalue weighted by Crippen LogP contribution is -2.15. The van der Waals surface area contributed by atoms with Gasteiger partial charge >= 0.3 is 0 Å². The number of anilines is 2. The predicted octanol–water partition coefficient (Wildman–Crippen LogP) is 4.62. The Hall–Kier alpha value is -2.34. The third-order valence-electron chi connectivity index (χ3n) is 4.17. The van der Waals surface area contributed by atoms with E-state index in [1.54, 1.807) is 12.1 Å². The van der Waals surface area contributed by atoms with Crippen LogP contribution in [-0.4, -0.2) is 14.3 Å². The van der Waals surface area contributed by atoms with Crippen molar-refractivity contribution in [3.63, 3.8) is 0 Å². The summed E-state index contributed by atoms with van der Waals surface area (Å²) in [5, 5.41) is 2.79. The van der Waals surface area contributed by atoms with Crippen LogP contribution in [0.1, 0.15) is 43.7 Å². The van der Waals surface area contributed by atoms with Gasteiger partial charge in [-0.15, -0.1) is 0 Å². The highest BCUT2D eigenvalue weighted by Gasteiger charge is 2.16. The van der Waals surface area contributed by atoms with E-state index in [0.717, 1.165) is 30.4 Å². The van der Waals surface area contributed by atoms with Crippen LogP contribution in [0.25, 0.3) is 0 Å². The maximum atomic E-state index is 12.6. The zero-order valence-corrected chi connectivity index (χ0v) is 16.3. The van der Waals surface area contributed by atoms with Crippen LogP contribution >= 0.6 is 0 Å². The van der Waals surface area contributed by atoms with Gasteiger partial charge in [-0.25, -0.2) is 8.42 Å². The molecule has 26 heavy (non-hydrogen) atoms. The molecule has 0 aliphatic heterocycles. The van der Waals surface area contributed by atoms with Gasteiger partial charge in [-0.05, 0) is 55.7 Å². The maximum absolute atomic E-state index is 12.6. The van der Waals surface area contributed by atoms with Crippen LogP contribution < -0.4 is 10.0 Å². The van der Waals surface area contributed by atoms with Crippen LogP contribution in [-0.2, 0) is 14.8 Å². The molecular formula is C20H26N2O3S. The molecule has 2 N–H and O–H groups in total. The van der Waals surface area contributed by atoms with Crippen molar-refractivity contribution in [3.05, 3.63) is 53.6 Å². The van der Waals surface area contributed by atoms with Crippen molar-refractivity contribution in [1.82, 2.24) is 0 Å². The topological polar surface area (TPSA) is 75.3 Å². The summed E-state index contributed by atoms with van der Waals surface area (Å²) >= 11 is 0. The first kappa shape index (κ1) is 20.0. The molecule has 140 valence electrons. The molecule has 0 radical (unpaired) electrons. The normalized spacial score (nSPS) is 11.2. The number of hydrogen-bond donors (Lipinski definition) is 2. The average Bonchev–Trinajstić information content (AvgIpc) is 2.59. The minimum absolute atomic E-state index is 0.0530. The Morgan fingerprint density at radius 2 is 1.58 bits per heavy atom. The smallest absolute Gasteiger partial charge is 0.261 e. The number of sulfonamides is 1. The van der Waals surface area contributed by atoms with E-state index in [1.165, 1.54) is 12.1 Å². The van der Waals surface area contributed by atoms with Crippen LogP contribution in [0, 0.1) is 13.8 Å².